The van der Waals surface area contributed by atoms with E-state index in [1.165, 1.54) is 47.6 Å². The number of esters is 5. The van der Waals surface area contributed by atoms with E-state index in [9.17, 15) is 29.1 Å². The van der Waals surface area contributed by atoms with Crippen molar-refractivity contribution in [2.75, 3.05) is 6.61 Å². The molecule has 0 radical (unpaired) electrons. The van der Waals surface area contributed by atoms with E-state index in [4.69, 9.17) is 23.7 Å². The van der Waals surface area contributed by atoms with Gasteiger partial charge in [-0.05, 0) is 33.1 Å². The number of aliphatic hydroxyl groups is 1. The van der Waals surface area contributed by atoms with E-state index in [1.807, 2.05) is 13.8 Å². The Morgan fingerprint density at radius 3 is 2.00 bits per heavy atom. The zero-order valence-corrected chi connectivity index (χ0v) is 25.7. The molecule has 0 aromatic heterocycles. The average molecular weight is 583 g/mol. The molecule has 2 rings (SSSR count). The molecule has 1 N–H and O–H groups in total. The molecule has 0 bridgehead atoms. The van der Waals surface area contributed by atoms with Gasteiger partial charge in [0.05, 0.1) is 6.61 Å². The van der Waals surface area contributed by atoms with Crippen LogP contribution in [0.2, 0.25) is 0 Å². The van der Waals surface area contributed by atoms with Crippen LogP contribution in [0.3, 0.4) is 0 Å². The van der Waals surface area contributed by atoms with Crippen molar-refractivity contribution in [2.24, 2.45) is 22.7 Å². The first-order valence-corrected chi connectivity index (χ1v) is 13.9. The van der Waals surface area contributed by atoms with Crippen molar-refractivity contribution < 1.29 is 52.8 Å². The molecule has 11 nitrogen and oxygen atoms in total. The zero-order chi connectivity index (χ0) is 31.6. The molecule has 11 heteroatoms. The second-order valence-electron chi connectivity index (χ2n) is 12.5. The van der Waals surface area contributed by atoms with Crippen LogP contribution < -0.4 is 0 Å². The summed E-state index contributed by atoms with van der Waals surface area (Å²) in [5.74, 6) is -4.06. The largest absolute Gasteiger partial charge is 0.465 e. The number of fused-ring (bicyclic) bond motifs is 1. The highest BCUT2D eigenvalue weighted by Crippen LogP contribution is 2.65. The predicted molar refractivity (Wildman–Crippen MR) is 146 cm³/mol. The molecule has 0 heterocycles. The van der Waals surface area contributed by atoms with E-state index in [2.05, 4.69) is 6.58 Å². The molecule has 41 heavy (non-hydrogen) atoms. The Morgan fingerprint density at radius 2 is 1.54 bits per heavy atom. The molecule has 0 saturated heterocycles. The van der Waals surface area contributed by atoms with Gasteiger partial charge in [0.1, 0.15) is 29.5 Å². The van der Waals surface area contributed by atoms with Crippen molar-refractivity contribution in [1.82, 2.24) is 0 Å². The minimum atomic E-state index is -1.67. The highest BCUT2D eigenvalue weighted by Gasteiger charge is 2.69. The normalized spacial score (nSPS) is 32.6. The van der Waals surface area contributed by atoms with Crippen LogP contribution in [0.4, 0.5) is 0 Å². The van der Waals surface area contributed by atoms with E-state index in [0.29, 0.717) is 12.8 Å². The molecule has 0 spiro atoms. The lowest BCUT2D eigenvalue weighted by Gasteiger charge is -2.65. The molecular formula is C30H46O11. The Labute approximate surface area is 242 Å². The lowest BCUT2D eigenvalue weighted by atomic mass is 9.42. The maximum atomic E-state index is 12.5. The molecule has 2 aliphatic carbocycles. The molecule has 2 aliphatic rings. The van der Waals surface area contributed by atoms with Crippen molar-refractivity contribution in [2.45, 2.75) is 118 Å². The number of hydrogen-bond donors (Lipinski definition) is 1. The fourth-order valence-electron chi connectivity index (χ4n) is 7.49. The van der Waals surface area contributed by atoms with Gasteiger partial charge in [0, 0.05) is 63.7 Å². The number of carbonyl (C=O) groups excluding carboxylic acids is 5. The van der Waals surface area contributed by atoms with E-state index >= 15 is 0 Å². The van der Waals surface area contributed by atoms with Crippen LogP contribution in [0.25, 0.3) is 0 Å². The van der Waals surface area contributed by atoms with Gasteiger partial charge < -0.3 is 28.8 Å². The van der Waals surface area contributed by atoms with Crippen LogP contribution >= 0.6 is 0 Å². The van der Waals surface area contributed by atoms with Crippen LogP contribution in [0, 0.1) is 22.7 Å². The molecule has 2 fully saturated rings. The first-order valence-electron chi connectivity index (χ1n) is 13.9. The minimum absolute atomic E-state index is 0.0127. The second kappa shape index (κ2) is 12.5. The van der Waals surface area contributed by atoms with E-state index in [0.717, 1.165) is 0 Å². The number of hydrogen-bond acceptors (Lipinski definition) is 11. The van der Waals surface area contributed by atoms with Gasteiger partial charge in [0.2, 0.25) is 0 Å². The Balaban J connectivity index is 2.91. The molecular weight excluding hydrogens is 536 g/mol. The van der Waals surface area contributed by atoms with Gasteiger partial charge >= 0.3 is 29.8 Å². The second-order valence-corrected chi connectivity index (χ2v) is 12.5. The average Bonchev–Trinajstić information content (AvgIpc) is 2.79. The molecule has 8 atom stereocenters. The van der Waals surface area contributed by atoms with Crippen LogP contribution in [-0.2, 0) is 47.7 Å². The summed E-state index contributed by atoms with van der Waals surface area (Å²) in [4.78, 5) is 61.4. The zero-order valence-electron chi connectivity index (χ0n) is 25.7. The van der Waals surface area contributed by atoms with Crippen LogP contribution in [-0.4, -0.2) is 71.1 Å². The summed E-state index contributed by atoms with van der Waals surface area (Å²) in [7, 11) is 0. The minimum Gasteiger partial charge on any atom is -0.465 e. The lowest BCUT2D eigenvalue weighted by Crippen LogP contribution is -2.70. The van der Waals surface area contributed by atoms with Crippen molar-refractivity contribution in [3.63, 3.8) is 0 Å². The fraction of sp³-hybridized carbons (Fsp3) is 0.767. The van der Waals surface area contributed by atoms with Gasteiger partial charge in [-0.1, -0.05) is 19.9 Å². The van der Waals surface area contributed by atoms with Gasteiger partial charge in [-0.25, -0.2) is 0 Å². The van der Waals surface area contributed by atoms with Crippen molar-refractivity contribution in [1.29, 1.82) is 0 Å². The monoisotopic (exact) mass is 582 g/mol. The fourth-order valence-corrected chi connectivity index (χ4v) is 7.49. The van der Waals surface area contributed by atoms with Crippen LogP contribution in [0.1, 0.15) is 88.0 Å². The maximum absolute atomic E-state index is 12.5. The summed E-state index contributed by atoms with van der Waals surface area (Å²) in [6, 6.07) is 0. The number of carbonyl (C=O) groups is 5. The Hall–Kier alpha value is -2.95. The third kappa shape index (κ3) is 7.47. The third-order valence-electron chi connectivity index (χ3n) is 8.90. The Bertz CT molecular complexity index is 1050. The topological polar surface area (TPSA) is 152 Å². The first-order chi connectivity index (χ1) is 18.7. The number of rotatable bonds is 10. The summed E-state index contributed by atoms with van der Waals surface area (Å²) >= 11 is 0. The smallest absolute Gasteiger partial charge is 0.303 e. The van der Waals surface area contributed by atoms with Crippen molar-refractivity contribution >= 4 is 29.8 Å². The van der Waals surface area contributed by atoms with Crippen molar-refractivity contribution in [3.8, 4) is 0 Å². The van der Waals surface area contributed by atoms with Gasteiger partial charge in [-0.15, -0.1) is 6.58 Å². The van der Waals surface area contributed by atoms with E-state index in [-0.39, 0.29) is 19.4 Å². The van der Waals surface area contributed by atoms with Crippen molar-refractivity contribution in [3.05, 3.63) is 12.7 Å². The van der Waals surface area contributed by atoms with Gasteiger partial charge in [-0.2, -0.15) is 0 Å². The van der Waals surface area contributed by atoms with Crippen LogP contribution in [0.5, 0.6) is 0 Å². The molecule has 0 aromatic carbocycles. The lowest BCUT2D eigenvalue weighted by molar-refractivity contribution is -0.271. The molecule has 2 saturated carbocycles. The molecule has 0 aromatic rings. The molecule has 3 unspecified atom stereocenters. The number of ether oxygens (including phenoxy) is 5. The molecule has 232 valence electrons. The summed E-state index contributed by atoms with van der Waals surface area (Å²) < 4.78 is 28.9. The predicted octanol–water partition coefficient (Wildman–Crippen LogP) is 3.44. The Morgan fingerprint density at radius 1 is 0.951 bits per heavy atom. The summed E-state index contributed by atoms with van der Waals surface area (Å²) in [6.07, 6.45) is -0.520. The van der Waals surface area contributed by atoms with E-state index < -0.39 is 82.0 Å². The quantitative estimate of drug-likeness (QED) is 0.229. The van der Waals surface area contributed by atoms with Gasteiger partial charge in [-0.3, -0.25) is 24.0 Å². The first kappa shape index (κ1) is 34.3. The third-order valence-corrected chi connectivity index (χ3v) is 8.90. The summed E-state index contributed by atoms with van der Waals surface area (Å²) in [5.41, 5.74) is -4.84. The standard InChI is InChI=1S/C30H46O11/c1-11-28(9,36)25(40-20(5)34)14-23-29(10,41-21(6)35)15-22(38-18(3)32)26-27(7,8)24(39-19(4)33)12-13-30(23,26)16-37-17(2)31/h11,22-26,36H,1,12-16H2,2-10H3/t22?,23-,24?,25?,26-,28-,29+,30-/m0/s1. The highest BCUT2D eigenvalue weighted by molar-refractivity contribution is 5.68. The molecule has 0 aliphatic heterocycles. The SMILES string of the molecule is C=C[C@](C)(O)C(C[C@@H]1[C@@]2(COC(C)=O)CCC(OC(C)=O)C(C)(C)[C@@H]2C(OC(C)=O)C[C@@]1(C)OC(C)=O)OC(C)=O. The summed E-state index contributed by atoms with van der Waals surface area (Å²) in [6.45, 7) is 16.9. The van der Waals surface area contributed by atoms with Gasteiger partial charge in [0.15, 0.2) is 0 Å². The maximum Gasteiger partial charge on any atom is 0.303 e. The highest BCUT2D eigenvalue weighted by atomic mass is 16.6. The van der Waals surface area contributed by atoms with E-state index in [1.54, 1.807) is 6.92 Å². The van der Waals surface area contributed by atoms with Crippen LogP contribution in [0.15, 0.2) is 12.7 Å². The molecule has 0 amide bonds. The summed E-state index contributed by atoms with van der Waals surface area (Å²) in [5, 5.41) is 11.2. The Kier molecular flexibility index (Phi) is 10.4. The van der Waals surface area contributed by atoms with Gasteiger partial charge in [0.25, 0.3) is 0 Å².